The van der Waals surface area contributed by atoms with E-state index in [2.05, 4.69) is 57.0 Å². The standard InChI is InChI=1S/C16H24N2OS/c1-10-6-7-12(20-10)13-17-16(8-9-16)14(19)18(13)11(2)15(3,4)5/h6-7,11,13,17H,8-9H2,1-5H3. The number of nitrogens with one attached hydrogen (secondary N) is 1. The molecule has 1 saturated heterocycles. The number of aryl methyl sites for hydroxylation is 1. The topological polar surface area (TPSA) is 32.3 Å². The van der Waals surface area contributed by atoms with E-state index >= 15 is 0 Å². The minimum Gasteiger partial charge on any atom is -0.317 e. The quantitative estimate of drug-likeness (QED) is 0.905. The number of hydrogen-bond acceptors (Lipinski definition) is 3. The van der Waals surface area contributed by atoms with Gasteiger partial charge in [0.1, 0.15) is 11.7 Å². The van der Waals surface area contributed by atoms with Gasteiger partial charge in [0.15, 0.2) is 0 Å². The summed E-state index contributed by atoms with van der Waals surface area (Å²) in [5, 5.41) is 3.61. The van der Waals surface area contributed by atoms with Crippen LogP contribution in [0.5, 0.6) is 0 Å². The Morgan fingerprint density at radius 1 is 1.40 bits per heavy atom. The fraction of sp³-hybridized carbons (Fsp3) is 0.688. The summed E-state index contributed by atoms with van der Waals surface area (Å²) >= 11 is 1.79. The van der Waals surface area contributed by atoms with E-state index in [-0.39, 0.29) is 23.2 Å². The minimum atomic E-state index is -0.248. The molecule has 3 rings (SSSR count). The molecule has 1 amide bonds. The Bertz CT molecular complexity index is 539. The Kier molecular flexibility index (Phi) is 3.04. The molecule has 1 aliphatic heterocycles. The predicted molar refractivity (Wildman–Crippen MR) is 82.7 cm³/mol. The molecule has 0 aromatic carbocycles. The van der Waals surface area contributed by atoms with Gasteiger partial charge in [0.25, 0.3) is 0 Å². The van der Waals surface area contributed by atoms with Crippen molar-refractivity contribution in [2.24, 2.45) is 5.41 Å². The van der Waals surface area contributed by atoms with E-state index in [1.54, 1.807) is 11.3 Å². The van der Waals surface area contributed by atoms with Crippen molar-refractivity contribution >= 4 is 17.2 Å². The minimum absolute atomic E-state index is 0.0536. The van der Waals surface area contributed by atoms with Gasteiger partial charge in [-0.05, 0) is 44.2 Å². The molecular weight excluding hydrogens is 268 g/mol. The van der Waals surface area contributed by atoms with Crippen molar-refractivity contribution in [2.45, 2.75) is 65.2 Å². The monoisotopic (exact) mass is 292 g/mol. The number of hydrogen-bond donors (Lipinski definition) is 1. The molecule has 2 unspecified atom stereocenters. The highest BCUT2D eigenvalue weighted by Crippen LogP contribution is 2.49. The highest BCUT2D eigenvalue weighted by molar-refractivity contribution is 7.12. The van der Waals surface area contributed by atoms with Crippen molar-refractivity contribution < 1.29 is 4.79 Å². The number of rotatable bonds is 2. The van der Waals surface area contributed by atoms with E-state index in [1.165, 1.54) is 9.75 Å². The molecule has 2 aliphatic rings. The van der Waals surface area contributed by atoms with Gasteiger partial charge in [-0.25, -0.2) is 0 Å². The van der Waals surface area contributed by atoms with E-state index < -0.39 is 0 Å². The van der Waals surface area contributed by atoms with Gasteiger partial charge in [-0.15, -0.1) is 11.3 Å². The molecule has 3 nitrogen and oxygen atoms in total. The van der Waals surface area contributed by atoms with Crippen LogP contribution in [-0.2, 0) is 4.79 Å². The third kappa shape index (κ3) is 2.09. The van der Waals surface area contributed by atoms with E-state index in [4.69, 9.17) is 0 Å². The lowest BCUT2D eigenvalue weighted by Crippen LogP contribution is -2.45. The summed E-state index contributed by atoms with van der Waals surface area (Å²) in [6.45, 7) is 10.9. The molecule has 4 heteroatoms. The SMILES string of the molecule is Cc1ccc(C2NC3(CC3)C(=O)N2C(C)C(C)(C)C)s1. The summed E-state index contributed by atoms with van der Waals surface area (Å²) in [6.07, 6.45) is 2.03. The van der Waals surface area contributed by atoms with Crippen LogP contribution in [0.4, 0.5) is 0 Å². The second-order valence-electron chi connectivity index (χ2n) is 7.33. The van der Waals surface area contributed by atoms with Crippen molar-refractivity contribution in [3.8, 4) is 0 Å². The maximum atomic E-state index is 12.8. The average Bonchev–Trinajstić information content (AvgIpc) is 2.92. The van der Waals surface area contributed by atoms with Gasteiger partial charge < -0.3 is 4.90 Å². The lowest BCUT2D eigenvalue weighted by atomic mass is 9.86. The van der Waals surface area contributed by atoms with Crippen LogP contribution >= 0.6 is 11.3 Å². The molecule has 1 aromatic rings. The van der Waals surface area contributed by atoms with Gasteiger partial charge in [-0.2, -0.15) is 0 Å². The normalized spacial score (nSPS) is 26.4. The highest BCUT2D eigenvalue weighted by Gasteiger charge is 2.61. The largest absolute Gasteiger partial charge is 0.317 e. The molecular formula is C16H24N2OS. The predicted octanol–water partition coefficient (Wildman–Crippen LogP) is 3.45. The summed E-state index contributed by atoms with van der Waals surface area (Å²) < 4.78 is 0. The second kappa shape index (κ2) is 4.31. The first-order chi connectivity index (χ1) is 9.24. The molecule has 1 spiro atoms. The van der Waals surface area contributed by atoms with Gasteiger partial charge in [0.05, 0.1) is 0 Å². The van der Waals surface area contributed by atoms with Gasteiger partial charge in [-0.1, -0.05) is 20.8 Å². The number of nitrogens with zero attached hydrogens (tertiary/aromatic N) is 1. The van der Waals surface area contributed by atoms with Gasteiger partial charge in [0, 0.05) is 15.8 Å². The molecule has 2 fully saturated rings. The molecule has 110 valence electrons. The van der Waals surface area contributed by atoms with Gasteiger partial charge >= 0.3 is 0 Å². The van der Waals surface area contributed by atoms with E-state index in [0.717, 1.165) is 12.8 Å². The van der Waals surface area contributed by atoms with Gasteiger partial charge in [0.2, 0.25) is 5.91 Å². The van der Waals surface area contributed by atoms with Crippen LogP contribution in [0.3, 0.4) is 0 Å². The van der Waals surface area contributed by atoms with Crippen LogP contribution in [-0.4, -0.2) is 22.4 Å². The van der Waals surface area contributed by atoms with E-state index in [0.29, 0.717) is 5.91 Å². The lowest BCUT2D eigenvalue weighted by Gasteiger charge is -2.38. The van der Waals surface area contributed by atoms with Crippen LogP contribution in [0, 0.1) is 12.3 Å². The summed E-state index contributed by atoms with van der Waals surface area (Å²) in [5.74, 6) is 0.302. The Balaban J connectivity index is 1.97. The summed E-state index contributed by atoms with van der Waals surface area (Å²) in [5.41, 5.74) is -0.162. The van der Waals surface area contributed by atoms with Crippen LogP contribution < -0.4 is 5.32 Å². The number of thiophene rings is 1. The molecule has 0 radical (unpaired) electrons. The first-order valence-electron chi connectivity index (χ1n) is 7.41. The van der Waals surface area contributed by atoms with Crippen LogP contribution in [0.15, 0.2) is 12.1 Å². The Labute approximate surface area is 125 Å². The summed E-state index contributed by atoms with van der Waals surface area (Å²) in [6, 6.07) is 4.52. The average molecular weight is 292 g/mol. The molecule has 1 aromatic heterocycles. The lowest BCUT2D eigenvalue weighted by molar-refractivity contribution is -0.134. The van der Waals surface area contributed by atoms with Crippen LogP contribution in [0.2, 0.25) is 0 Å². The zero-order valence-corrected chi connectivity index (χ0v) is 13.8. The summed E-state index contributed by atoms with van der Waals surface area (Å²) in [7, 11) is 0. The molecule has 1 saturated carbocycles. The van der Waals surface area contributed by atoms with Gasteiger partial charge in [-0.3, -0.25) is 10.1 Å². The van der Waals surface area contributed by atoms with Crippen LogP contribution in [0.1, 0.15) is 56.5 Å². The smallest absolute Gasteiger partial charge is 0.244 e. The molecule has 20 heavy (non-hydrogen) atoms. The maximum absolute atomic E-state index is 12.8. The molecule has 2 heterocycles. The van der Waals surface area contributed by atoms with Crippen LogP contribution in [0.25, 0.3) is 0 Å². The number of carbonyl (C=O) groups is 1. The molecule has 0 bridgehead atoms. The maximum Gasteiger partial charge on any atom is 0.244 e. The number of carbonyl (C=O) groups excluding carboxylic acids is 1. The zero-order valence-electron chi connectivity index (χ0n) is 13.0. The fourth-order valence-electron chi connectivity index (χ4n) is 2.87. The molecule has 1 aliphatic carbocycles. The van der Waals surface area contributed by atoms with Crippen molar-refractivity contribution in [3.63, 3.8) is 0 Å². The summed E-state index contributed by atoms with van der Waals surface area (Å²) in [4.78, 5) is 17.5. The van der Waals surface area contributed by atoms with Crippen molar-refractivity contribution in [1.29, 1.82) is 0 Å². The molecule has 2 atom stereocenters. The third-order valence-electron chi connectivity index (χ3n) is 4.79. The van der Waals surface area contributed by atoms with Crippen molar-refractivity contribution in [2.75, 3.05) is 0 Å². The Morgan fingerprint density at radius 3 is 2.50 bits per heavy atom. The second-order valence-corrected chi connectivity index (χ2v) is 8.65. The Morgan fingerprint density at radius 2 is 2.05 bits per heavy atom. The first-order valence-corrected chi connectivity index (χ1v) is 8.23. The van der Waals surface area contributed by atoms with E-state index in [1.807, 2.05) is 0 Å². The highest BCUT2D eigenvalue weighted by atomic mass is 32.1. The zero-order chi connectivity index (χ0) is 14.7. The van der Waals surface area contributed by atoms with Crippen molar-refractivity contribution in [1.82, 2.24) is 10.2 Å². The third-order valence-corrected chi connectivity index (χ3v) is 5.84. The molecule has 1 N–H and O–H groups in total. The number of amides is 1. The first kappa shape index (κ1) is 14.1. The Hall–Kier alpha value is -0.870. The fourth-order valence-corrected chi connectivity index (χ4v) is 3.79. The van der Waals surface area contributed by atoms with Crippen molar-refractivity contribution in [3.05, 3.63) is 21.9 Å². The van der Waals surface area contributed by atoms with E-state index in [9.17, 15) is 4.79 Å².